The van der Waals surface area contributed by atoms with E-state index < -0.39 is 0 Å². The molecule has 7 heteroatoms. The van der Waals surface area contributed by atoms with Gasteiger partial charge in [0.1, 0.15) is 12.3 Å². The van der Waals surface area contributed by atoms with Crippen LogP contribution in [0.25, 0.3) is 10.8 Å². The number of amides is 2. The molecule has 0 fully saturated rings. The number of halogens is 1. The predicted octanol–water partition coefficient (Wildman–Crippen LogP) is 4.11. The summed E-state index contributed by atoms with van der Waals surface area (Å²) in [7, 11) is 1.60. The van der Waals surface area contributed by atoms with E-state index >= 15 is 0 Å². The average molecular weight is 452 g/mol. The van der Waals surface area contributed by atoms with Gasteiger partial charge in [-0.3, -0.25) is 14.5 Å². The van der Waals surface area contributed by atoms with Gasteiger partial charge in [-0.15, -0.1) is 0 Å². The van der Waals surface area contributed by atoms with Crippen LogP contribution in [0, 0.1) is 0 Å². The minimum atomic E-state index is -0.366. The van der Waals surface area contributed by atoms with E-state index in [9.17, 15) is 9.59 Å². The fraction of sp³-hybridized carbons (Fsp3) is 0.136. The second-order valence-electron chi connectivity index (χ2n) is 6.65. The molecule has 0 saturated carbocycles. The molecule has 1 aliphatic rings. The van der Waals surface area contributed by atoms with Gasteiger partial charge >= 0.3 is 0 Å². The van der Waals surface area contributed by atoms with Crippen LogP contribution in [0.5, 0.6) is 5.75 Å². The second kappa shape index (κ2) is 7.67. The Morgan fingerprint density at radius 3 is 2.66 bits per heavy atom. The Bertz CT molecular complexity index is 1170. The molecule has 29 heavy (non-hydrogen) atoms. The number of hydrazone groups is 1. The molecule has 3 aromatic rings. The summed E-state index contributed by atoms with van der Waals surface area (Å²) in [4.78, 5) is 26.7. The van der Waals surface area contributed by atoms with E-state index in [0.29, 0.717) is 17.0 Å². The van der Waals surface area contributed by atoms with E-state index in [0.717, 1.165) is 26.5 Å². The summed E-state index contributed by atoms with van der Waals surface area (Å²) in [5.41, 5.74) is 5.39. The summed E-state index contributed by atoms with van der Waals surface area (Å²) in [6, 6.07) is 16.8. The minimum Gasteiger partial charge on any atom is -0.496 e. The minimum absolute atomic E-state index is 0.101. The molecule has 3 aromatic carbocycles. The molecule has 6 nitrogen and oxygen atoms in total. The van der Waals surface area contributed by atoms with Crippen LogP contribution in [0.15, 0.2) is 64.2 Å². The Morgan fingerprint density at radius 1 is 1.17 bits per heavy atom. The first-order chi connectivity index (χ1) is 14.0. The topological polar surface area (TPSA) is 71.0 Å². The fourth-order valence-electron chi connectivity index (χ4n) is 3.42. The van der Waals surface area contributed by atoms with Crippen molar-refractivity contribution in [2.24, 2.45) is 5.10 Å². The SMILES string of the molecule is COc1ccc(/C(C)=N/NC(=O)CN2C(=O)c3cccc4cccc2c34)cc1Br. The zero-order valence-corrected chi connectivity index (χ0v) is 17.5. The summed E-state index contributed by atoms with van der Waals surface area (Å²) in [6.07, 6.45) is 0. The molecular weight excluding hydrogens is 434 g/mol. The summed E-state index contributed by atoms with van der Waals surface area (Å²) in [5.74, 6) is 0.175. The predicted molar refractivity (Wildman–Crippen MR) is 117 cm³/mol. The third kappa shape index (κ3) is 3.49. The molecule has 0 spiro atoms. The van der Waals surface area contributed by atoms with Gasteiger partial charge < -0.3 is 4.74 Å². The molecule has 0 radical (unpaired) electrons. The number of carbonyl (C=O) groups is 2. The van der Waals surface area contributed by atoms with Gasteiger partial charge in [0.05, 0.1) is 23.0 Å². The highest BCUT2D eigenvalue weighted by atomic mass is 79.9. The molecule has 2 amide bonds. The smallest absolute Gasteiger partial charge is 0.260 e. The normalized spacial score (nSPS) is 13.1. The number of nitrogens with one attached hydrogen (secondary N) is 1. The summed E-state index contributed by atoms with van der Waals surface area (Å²) < 4.78 is 6.02. The van der Waals surface area contributed by atoms with Crippen LogP contribution in [0.1, 0.15) is 22.8 Å². The Balaban J connectivity index is 1.49. The van der Waals surface area contributed by atoms with E-state index in [1.807, 2.05) is 48.5 Å². The highest BCUT2D eigenvalue weighted by Crippen LogP contribution is 2.36. The molecule has 0 bridgehead atoms. The molecular formula is C22H18BrN3O3. The second-order valence-corrected chi connectivity index (χ2v) is 7.51. The zero-order valence-electron chi connectivity index (χ0n) is 15.9. The van der Waals surface area contributed by atoms with Crippen molar-refractivity contribution in [2.75, 3.05) is 18.6 Å². The largest absolute Gasteiger partial charge is 0.496 e. The van der Waals surface area contributed by atoms with Crippen LogP contribution in [-0.4, -0.2) is 31.2 Å². The first-order valence-corrected chi connectivity index (χ1v) is 9.79. The molecule has 4 rings (SSSR count). The molecule has 1 N–H and O–H groups in total. The van der Waals surface area contributed by atoms with Crippen LogP contribution in [0.4, 0.5) is 5.69 Å². The number of anilines is 1. The Hall–Kier alpha value is -3.19. The number of carbonyl (C=O) groups excluding carboxylic acids is 2. The molecule has 0 aromatic heterocycles. The van der Waals surface area contributed by atoms with E-state index in [4.69, 9.17) is 4.74 Å². The van der Waals surface area contributed by atoms with Gasteiger partial charge in [-0.05, 0) is 64.1 Å². The Labute approximate surface area is 176 Å². The van der Waals surface area contributed by atoms with Gasteiger partial charge in [0.15, 0.2) is 0 Å². The Morgan fingerprint density at radius 2 is 1.93 bits per heavy atom. The number of hydrogen-bond donors (Lipinski definition) is 1. The summed E-state index contributed by atoms with van der Waals surface area (Å²) in [5, 5.41) is 6.04. The lowest BCUT2D eigenvalue weighted by molar-refractivity contribution is -0.119. The number of ether oxygens (including phenoxy) is 1. The number of rotatable bonds is 5. The molecule has 146 valence electrons. The molecule has 0 atom stereocenters. The van der Waals surface area contributed by atoms with Crippen molar-refractivity contribution >= 4 is 49.9 Å². The first kappa shape index (κ1) is 19.1. The van der Waals surface area contributed by atoms with Crippen molar-refractivity contribution in [3.8, 4) is 5.75 Å². The standard InChI is InChI=1S/C22H18BrN3O3/c1-13(15-9-10-19(29-2)17(23)11-15)24-25-20(27)12-26-18-8-4-6-14-5-3-7-16(21(14)18)22(26)28/h3-11H,12H2,1-2H3,(H,25,27)/b24-13+. The highest BCUT2D eigenvalue weighted by Gasteiger charge is 2.30. The van der Waals surface area contributed by atoms with Gasteiger partial charge in [-0.25, -0.2) is 5.43 Å². The van der Waals surface area contributed by atoms with E-state index in [1.54, 1.807) is 20.1 Å². The van der Waals surface area contributed by atoms with Crippen LogP contribution < -0.4 is 15.1 Å². The maximum absolute atomic E-state index is 12.8. The maximum Gasteiger partial charge on any atom is 0.260 e. The summed E-state index contributed by atoms with van der Waals surface area (Å²) in [6.45, 7) is 1.70. The van der Waals surface area contributed by atoms with E-state index in [2.05, 4.69) is 26.5 Å². The third-order valence-electron chi connectivity index (χ3n) is 4.87. The molecule has 0 unspecified atom stereocenters. The fourth-order valence-corrected chi connectivity index (χ4v) is 3.96. The summed E-state index contributed by atoms with van der Waals surface area (Å²) >= 11 is 3.44. The van der Waals surface area contributed by atoms with Crippen LogP contribution in [0.2, 0.25) is 0 Å². The molecule has 0 saturated heterocycles. The average Bonchev–Trinajstić information content (AvgIpc) is 3.00. The van der Waals surface area contributed by atoms with Crippen molar-refractivity contribution in [1.82, 2.24) is 5.43 Å². The number of benzene rings is 3. The quantitative estimate of drug-likeness (QED) is 0.468. The van der Waals surface area contributed by atoms with Crippen LogP contribution in [-0.2, 0) is 4.79 Å². The van der Waals surface area contributed by atoms with E-state index in [1.165, 1.54) is 4.90 Å². The number of methoxy groups -OCH3 is 1. The molecule has 1 heterocycles. The highest BCUT2D eigenvalue weighted by molar-refractivity contribution is 9.10. The van der Waals surface area contributed by atoms with Crippen LogP contribution in [0.3, 0.4) is 0 Å². The lowest BCUT2D eigenvalue weighted by Gasteiger charge is -2.16. The number of nitrogens with zero attached hydrogens (tertiary/aromatic N) is 2. The van der Waals surface area contributed by atoms with Crippen molar-refractivity contribution in [3.63, 3.8) is 0 Å². The van der Waals surface area contributed by atoms with Gasteiger partial charge in [0, 0.05) is 10.9 Å². The molecule has 0 aliphatic carbocycles. The lowest BCUT2D eigenvalue weighted by Crippen LogP contribution is -2.37. The van der Waals surface area contributed by atoms with Crippen LogP contribution >= 0.6 is 15.9 Å². The van der Waals surface area contributed by atoms with Crippen molar-refractivity contribution in [1.29, 1.82) is 0 Å². The maximum atomic E-state index is 12.8. The van der Waals surface area contributed by atoms with Crippen molar-refractivity contribution < 1.29 is 14.3 Å². The van der Waals surface area contributed by atoms with Gasteiger partial charge in [-0.1, -0.05) is 24.3 Å². The zero-order chi connectivity index (χ0) is 20.5. The van der Waals surface area contributed by atoms with E-state index in [-0.39, 0.29) is 18.4 Å². The molecule has 1 aliphatic heterocycles. The van der Waals surface area contributed by atoms with Crippen molar-refractivity contribution in [3.05, 3.63) is 70.2 Å². The third-order valence-corrected chi connectivity index (χ3v) is 5.49. The van der Waals surface area contributed by atoms with Gasteiger partial charge in [-0.2, -0.15) is 5.10 Å². The number of hydrogen-bond acceptors (Lipinski definition) is 4. The monoisotopic (exact) mass is 451 g/mol. The Kier molecular flexibility index (Phi) is 5.07. The van der Waals surface area contributed by atoms with Crippen molar-refractivity contribution in [2.45, 2.75) is 6.92 Å². The van der Waals surface area contributed by atoms with Gasteiger partial charge in [0.2, 0.25) is 0 Å². The first-order valence-electron chi connectivity index (χ1n) is 9.00. The van der Waals surface area contributed by atoms with Gasteiger partial charge in [0.25, 0.3) is 11.8 Å². The lowest BCUT2D eigenvalue weighted by atomic mass is 10.1.